The fourth-order valence-electron chi connectivity index (χ4n) is 1.90. The van der Waals surface area contributed by atoms with Crippen LogP contribution < -0.4 is 5.32 Å². The second-order valence-corrected chi connectivity index (χ2v) is 6.90. The fourth-order valence-corrected chi connectivity index (χ4v) is 3.42. The normalized spacial score (nSPS) is 10.5. The summed E-state index contributed by atoms with van der Waals surface area (Å²) in [6.07, 6.45) is 3.61. The van der Waals surface area contributed by atoms with Crippen LogP contribution in [0.5, 0.6) is 0 Å². The Bertz CT molecular complexity index is 886. The minimum atomic E-state index is -0.509. The Hall–Kier alpha value is -2.65. The fraction of sp³-hybridized carbons (Fsp3) is 0.0667. The topological polar surface area (TPSA) is 90.1 Å². The van der Waals surface area contributed by atoms with Gasteiger partial charge in [-0.05, 0) is 30.3 Å². The highest BCUT2D eigenvalue weighted by molar-refractivity contribution is 7.99. The molecule has 3 aromatic rings. The lowest BCUT2D eigenvalue weighted by Crippen LogP contribution is -2.09. The predicted octanol–water partition coefficient (Wildman–Crippen LogP) is 3.79. The van der Waals surface area contributed by atoms with Crippen molar-refractivity contribution in [3.05, 3.63) is 63.8 Å². The van der Waals surface area contributed by atoms with Gasteiger partial charge in [0.25, 0.3) is 5.91 Å². The number of anilines is 1. The van der Waals surface area contributed by atoms with Crippen LogP contribution in [-0.2, 0) is 7.05 Å². The average Bonchev–Trinajstić information content (AvgIpc) is 3.19. The number of aryl methyl sites for hydroxylation is 1. The molecule has 2 heterocycles. The van der Waals surface area contributed by atoms with E-state index in [0.717, 1.165) is 21.4 Å². The van der Waals surface area contributed by atoms with Gasteiger partial charge in [0.05, 0.1) is 9.80 Å². The maximum atomic E-state index is 12.1. The number of benzene rings is 1. The quantitative estimate of drug-likeness (QED) is 0.552. The van der Waals surface area contributed by atoms with Crippen molar-refractivity contribution in [2.24, 2.45) is 7.05 Å². The van der Waals surface area contributed by atoms with Crippen LogP contribution in [0.4, 0.5) is 10.7 Å². The molecule has 2 aromatic heterocycles. The Balaban J connectivity index is 1.66. The molecule has 1 amide bonds. The zero-order chi connectivity index (χ0) is 17.1. The molecule has 0 spiro atoms. The SMILES string of the molecule is Cn1ccnc1Sc1ccc(NC(=O)c2ccc([N+](=O)[O-])s2)cc1. The van der Waals surface area contributed by atoms with Crippen molar-refractivity contribution in [3.8, 4) is 0 Å². The van der Waals surface area contributed by atoms with Gasteiger partial charge in [-0.15, -0.1) is 0 Å². The van der Waals surface area contributed by atoms with Crippen molar-refractivity contribution in [2.45, 2.75) is 10.1 Å². The number of imidazole rings is 1. The maximum absolute atomic E-state index is 12.1. The van der Waals surface area contributed by atoms with Gasteiger partial charge < -0.3 is 9.88 Å². The Morgan fingerprint density at radius 1 is 1.29 bits per heavy atom. The Morgan fingerprint density at radius 3 is 2.62 bits per heavy atom. The molecule has 0 radical (unpaired) electrons. The molecule has 0 aliphatic heterocycles. The van der Waals surface area contributed by atoms with Crippen LogP contribution in [0.15, 0.2) is 58.8 Å². The molecule has 0 saturated carbocycles. The van der Waals surface area contributed by atoms with Crippen LogP contribution in [-0.4, -0.2) is 20.4 Å². The number of rotatable bonds is 5. The molecule has 9 heteroatoms. The molecular formula is C15H12N4O3S2. The number of carbonyl (C=O) groups excluding carboxylic acids is 1. The summed E-state index contributed by atoms with van der Waals surface area (Å²) in [6.45, 7) is 0. The average molecular weight is 360 g/mol. The molecule has 1 aromatic carbocycles. The second kappa shape index (κ2) is 6.85. The molecule has 0 atom stereocenters. The van der Waals surface area contributed by atoms with Gasteiger partial charge >= 0.3 is 5.00 Å². The summed E-state index contributed by atoms with van der Waals surface area (Å²) in [5.74, 6) is -0.363. The van der Waals surface area contributed by atoms with Crippen LogP contribution in [0.1, 0.15) is 9.67 Å². The molecular weight excluding hydrogens is 348 g/mol. The van der Waals surface area contributed by atoms with E-state index in [1.807, 2.05) is 29.9 Å². The van der Waals surface area contributed by atoms with E-state index in [9.17, 15) is 14.9 Å². The van der Waals surface area contributed by atoms with Crippen molar-refractivity contribution < 1.29 is 9.72 Å². The van der Waals surface area contributed by atoms with Crippen LogP contribution >= 0.6 is 23.1 Å². The van der Waals surface area contributed by atoms with Gasteiger partial charge in [-0.25, -0.2) is 4.98 Å². The van der Waals surface area contributed by atoms with Gasteiger partial charge in [-0.2, -0.15) is 0 Å². The Kier molecular flexibility index (Phi) is 4.63. The Labute approximate surface area is 145 Å². The number of carbonyl (C=O) groups is 1. The van der Waals surface area contributed by atoms with Gasteiger partial charge in [0.1, 0.15) is 0 Å². The number of amides is 1. The van der Waals surface area contributed by atoms with Gasteiger partial charge in [0, 0.05) is 36.1 Å². The number of nitrogens with one attached hydrogen (secondary N) is 1. The zero-order valence-electron chi connectivity index (χ0n) is 12.5. The van der Waals surface area contributed by atoms with E-state index in [4.69, 9.17) is 0 Å². The van der Waals surface area contributed by atoms with Crippen molar-refractivity contribution >= 4 is 39.7 Å². The lowest BCUT2D eigenvalue weighted by molar-refractivity contribution is -0.380. The molecule has 1 N–H and O–H groups in total. The van der Waals surface area contributed by atoms with Crippen LogP contribution in [0.2, 0.25) is 0 Å². The third-order valence-corrected chi connectivity index (χ3v) is 5.21. The first kappa shape index (κ1) is 16.2. The summed E-state index contributed by atoms with van der Waals surface area (Å²) in [4.78, 5) is 27.8. The van der Waals surface area contributed by atoms with E-state index in [0.29, 0.717) is 10.6 Å². The van der Waals surface area contributed by atoms with Crippen molar-refractivity contribution in [2.75, 3.05) is 5.32 Å². The first-order valence-electron chi connectivity index (χ1n) is 6.84. The van der Waals surface area contributed by atoms with E-state index in [2.05, 4.69) is 10.3 Å². The molecule has 3 rings (SSSR count). The second-order valence-electron chi connectivity index (χ2n) is 4.80. The van der Waals surface area contributed by atoms with Gasteiger partial charge in [0.2, 0.25) is 0 Å². The van der Waals surface area contributed by atoms with Crippen LogP contribution in [0, 0.1) is 10.1 Å². The summed E-state index contributed by atoms with van der Waals surface area (Å²) >= 11 is 2.37. The first-order valence-corrected chi connectivity index (χ1v) is 8.47. The maximum Gasteiger partial charge on any atom is 0.324 e. The number of thiophene rings is 1. The number of nitro groups is 1. The molecule has 7 nitrogen and oxygen atoms in total. The van der Waals surface area contributed by atoms with Crippen molar-refractivity contribution in [3.63, 3.8) is 0 Å². The van der Waals surface area contributed by atoms with Crippen molar-refractivity contribution in [1.29, 1.82) is 0 Å². The monoisotopic (exact) mass is 360 g/mol. The van der Waals surface area contributed by atoms with Gasteiger partial charge in [-0.3, -0.25) is 14.9 Å². The minimum Gasteiger partial charge on any atom is -0.329 e. The van der Waals surface area contributed by atoms with Gasteiger partial charge in [0.15, 0.2) is 5.16 Å². The predicted molar refractivity (Wildman–Crippen MR) is 92.7 cm³/mol. The summed E-state index contributed by atoms with van der Waals surface area (Å²) < 4.78 is 1.92. The van der Waals surface area contributed by atoms with Crippen LogP contribution in [0.25, 0.3) is 0 Å². The highest BCUT2D eigenvalue weighted by Gasteiger charge is 2.15. The standard InChI is InChI=1S/C15H12N4O3S2/c1-18-9-8-16-15(18)23-11-4-2-10(3-5-11)17-14(20)12-6-7-13(24-12)19(21)22/h2-9H,1H3,(H,17,20). The van der Waals surface area contributed by atoms with E-state index >= 15 is 0 Å². The third-order valence-electron chi connectivity index (χ3n) is 3.09. The highest BCUT2D eigenvalue weighted by Crippen LogP contribution is 2.28. The molecule has 0 aliphatic carbocycles. The van der Waals surface area contributed by atoms with E-state index in [-0.39, 0.29) is 10.9 Å². The van der Waals surface area contributed by atoms with E-state index < -0.39 is 4.92 Å². The number of aromatic nitrogens is 2. The number of nitrogens with zero attached hydrogens (tertiary/aromatic N) is 3. The van der Waals surface area contributed by atoms with Crippen molar-refractivity contribution in [1.82, 2.24) is 9.55 Å². The smallest absolute Gasteiger partial charge is 0.324 e. The number of hydrogen-bond donors (Lipinski definition) is 1. The lowest BCUT2D eigenvalue weighted by atomic mass is 10.3. The lowest BCUT2D eigenvalue weighted by Gasteiger charge is -2.05. The summed E-state index contributed by atoms with van der Waals surface area (Å²) in [5, 5.41) is 14.2. The van der Waals surface area contributed by atoms with Crippen LogP contribution in [0.3, 0.4) is 0 Å². The molecule has 0 unspecified atom stereocenters. The summed E-state index contributed by atoms with van der Waals surface area (Å²) in [5.41, 5.74) is 0.625. The summed E-state index contributed by atoms with van der Waals surface area (Å²) in [7, 11) is 1.92. The van der Waals surface area contributed by atoms with E-state index in [1.54, 1.807) is 18.3 Å². The zero-order valence-corrected chi connectivity index (χ0v) is 14.1. The molecule has 122 valence electrons. The molecule has 0 aliphatic rings. The highest BCUT2D eigenvalue weighted by atomic mass is 32.2. The number of hydrogen-bond acceptors (Lipinski definition) is 6. The molecule has 0 bridgehead atoms. The van der Waals surface area contributed by atoms with E-state index in [1.165, 1.54) is 23.9 Å². The van der Waals surface area contributed by atoms with Gasteiger partial charge in [-0.1, -0.05) is 23.1 Å². The Morgan fingerprint density at radius 2 is 2.04 bits per heavy atom. The molecule has 0 fully saturated rings. The molecule has 24 heavy (non-hydrogen) atoms. The summed E-state index contributed by atoms with van der Waals surface area (Å²) in [6, 6.07) is 10.1. The third kappa shape index (κ3) is 3.63. The largest absolute Gasteiger partial charge is 0.329 e. The molecule has 0 saturated heterocycles. The first-order chi connectivity index (χ1) is 11.5. The minimum absolute atomic E-state index is 0.0537.